The second kappa shape index (κ2) is 7.47. The average molecular weight is 280 g/mol. The molecule has 0 fully saturated rings. The fourth-order valence-corrected chi connectivity index (χ4v) is 2.34. The van der Waals surface area contributed by atoms with Crippen molar-refractivity contribution in [2.45, 2.75) is 26.3 Å². The SMILES string of the molecule is CCNC(CC)c1ccccc1Oc1cccc(C#N)c1. The van der Waals surface area contributed by atoms with E-state index in [9.17, 15) is 0 Å². The molecular weight excluding hydrogens is 260 g/mol. The summed E-state index contributed by atoms with van der Waals surface area (Å²) in [4.78, 5) is 0. The largest absolute Gasteiger partial charge is 0.457 e. The van der Waals surface area contributed by atoms with Crippen molar-refractivity contribution in [3.05, 3.63) is 59.7 Å². The molecule has 1 unspecified atom stereocenters. The number of benzene rings is 2. The quantitative estimate of drug-likeness (QED) is 0.852. The van der Waals surface area contributed by atoms with Crippen LogP contribution in [-0.4, -0.2) is 6.54 Å². The van der Waals surface area contributed by atoms with E-state index in [1.54, 1.807) is 12.1 Å². The minimum atomic E-state index is 0.269. The first-order valence-corrected chi connectivity index (χ1v) is 7.28. The molecule has 0 saturated carbocycles. The lowest BCUT2D eigenvalue weighted by atomic mass is 10.0. The first kappa shape index (κ1) is 15.1. The van der Waals surface area contributed by atoms with Crippen LogP contribution in [0.25, 0.3) is 0 Å². The summed E-state index contributed by atoms with van der Waals surface area (Å²) in [6, 6.07) is 17.7. The van der Waals surface area contributed by atoms with Gasteiger partial charge in [0.05, 0.1) is 11.6 Å². The summed E-state index contributed by atoms with van der Waals surface area (Å²) in [5.41, 5.74) is 1.74. The Morgan fingerprint density at radius 1 is 1.14 bits per heavy atom. The zero-order valence-corrected chi connectivity index (χ0v) is 12.5. The molecule has 0 spiro atoms. The Morgan fingerprint density at radius 3 is 2.67 bits per heavy atom. The van der Waals surface area contributed by atoms with Crippen LogP contribution in [0.5, 0.6) is 11.5 Å². The van der Waals surface area contributed by atoms with Gasteiger partial charge in [-0.1, -0.05) is 38.1 Å². The maximum absolute atomic E-state index is 8.96. The lowest BCUT2D eigenvalue weighted by molar-refractivity contribution is 0.453. The van der Waals surface area contributed by atoms with E-state index in [-0.39, 0.29) is 6.04 Å². The predicted molar refractivity (Wildman–Crippen MR) is 84.4 cm³/mol. The van der Waals surface area contributed by atoms with E-state index >= 15 is 0 Å². The van der Waals surface area contributed by atoms with Crippen LogP contribution in [0.4, 0.5) is 0 Å². The van der Waals surface area contributed by atoms with Gasteiger partial charge >= 0.3 is 0 Å². The molecule has 3 heteroatoms. The van der Waals surface area contributed by atoms with Gasteiger partial charge in [0, 0.05) is 11.6 Å². The van der Waals surface area contributed by atoms with Crippen molar-refractivity contribution in [2.75, 3.05) is 6.54 Å². The Morgan fingerprint density at radius 2 is 1.95 bits per heavy atom. The highest BCUT2D eigenvalue weighted by molar-refractivity contribution is 5.42. The van der Waals surface area contributed by atoms with Crippen LogP contribution in [0.15, 0.2) is 48.5 Å². The lowest BCUT2D eigenvalue weighted by Gasteiger charge is -2.20. The maximum atomic E-state index is 8.96. The second-order valence-corrected chi connectivity index (χ2v) is 4.80. The Hall–Kier alpha value is -2.31. The van der Waals surface area contributed by atoms with Crippen LogP contribution in [0.3, 0.4) is 0 Å². The Labute approximate surface area is 126 Å². The molecule has 0 radical (unpaired) electrons. The molecule has 0 heterocycles. The van der Waals surface area contributed by atoms with Gasteiger partial charge in [-0.2, -0.15) is 5.26 Å². The summed E-state index contributed by atoms with van der Waals surface area (Å²) >= 11 is 0. The van der Waals surface area contributed by atoms with Crippen LogP contribution in [-0.2, 0) is 0 Å². The summed E-state index contributed by atoms with van der Waals surface area (Å²) in [5, 5.41) is 12.4. The molecule has 1 atom stereocenters. The fourth-order valence-electron chi connectivity index (χ4n) is 2.34. The highest BCUT2D eigenvalue weighted by Gasteiger charge is 2.13. The number of para-hydroxylation sites is 1. The summed E-state index contributed by atoms with van der Waals surface area (Å²) in [5.74, 6) is 1.52. The average Bonchev–Trinajstić information content (AvgIpc) is 2.53. The van der Waals surface area contributed by atoms with E-state index in [0.29, 0.717) is 11.3 Å². The number of ether oxygens (including phenoxy) is 1. The van der Waals surface area contributed by atoms with E-state index in [2.05, 4.69) is 31.3 Å². The van der Waals surface area contributed by atoms with Gasteiger partial charge < -0.3 is 10.1 Å². The minimum absolute atomic E-state index is 0.269. The van der Waals surface area contributed by atoms with Gasteiger partial charge in [-0.3, -0.25) is 0 Å². The molecule has 2 aromatic rings. The van der Waals surface area contributed by atoms with Gasteiger partial charge in [-0.15, -0.1) is 0 Å². The number of hydrogen-bond donors (Lipinski definition) is 1. The molecule has 0 bridgehead atoms. The Kier molecular flexibility index (Phi) is 5.36. The molecule has 0 aliphatic rings. The monoisotopic (exact) mass is 280 g/mol. The van der Waals surface area contributed by atoms with Gasteiger partial charge in [0.1, 0.15) is 11.5 Å². The molecule has 2 rings (SSSR count). The number of nitrogens with one attached hydrogen (secondary N) is 1. The molecule has 0 aliphatic heterocycles. The minimum Gasteiger partial charge on any atom is -0.457 e. The van der Waals surface area contributed by atoms with Crippen molar-refractivity contribution >= 4 is 0 Å². The summed E-state index contributed by atoms with van der Waals surface area (Å²) in [6.45, 7) is 5.17. The van der Waals surface area contributed by atoms with Crippen LogP contribution in [0.2, 0.25) is 0 Å². The highest BCUT2D eigenvalue weighted by atomic mass is 16.5. The molecule has 1 N–H and O–H groups in total. The van der Waals surface area contributed by atoms with Crippen LogP contribution >= 0.6 is 0 Å². The third kappa shape index (κ3) is 3.84. The van der Waals surface area contributed by atoms with Crippen molar-refractivity contribution in [1.82, 2.24) is 5.32 Å². The Balaban J connectivity index is 2.29. The van der Waals surface area contributed by atoms with Gasteiger partial charge in [-0.05, 0) is 37.2 Å². The molecule has 2 aromatic carbocycles. The van der Waals surface area contributed by atoms with Gasteiger partial charge in [-0.25, -0.2) is 0 Å². The summed E-state index contributed by atoms with van der Waals surface area (Å²) in [6.07, 6.45) is 0.993. The van der Waals surface area contributed by atoms with E-state index in [0.717, 1.165) is 24.3 Å². The zero-order valence-electron chi connectivity index (χ0n) is 12.5. The lowest BCUT2D eigenvalue weighted by Crippen LogP contribution is -2.20. The van der Waals surface area contributed by atoms with Crippen LogP contribution < -0.4 is 10.1 Å². The highest BCUT2D eigenvalue weighted by Crippen LogP contribution is 2.31. The van der Waals surface area contributed by atoms with Crippen molar-refractivity contribution in [3.63, 3.8) is 0 Å². The molecule has 21 heavy (non-hydrogen) atoms. The third-order valence-electron chi connectivity index (χ3n) is 3.34. The topological polar surface area (TPSA) is 45.0 Å². The number of nitrogens with zero attached hydrogens (tertiary/aromatic N) is 1. The normalized spacial score (nSPS) is 11.7. The van der Waals surface area contributed by atoms with Crippen molar-refractivity contribution < 1.29 is 4.74 Å². The van der Waals surface area contributed by atoms with E-state index < -0.39 is 0 Å². The summed E-state index contributed by atoms with van der Waals surface area (Å²) in [7, 11) is 0. The molecule has 0 aliphatic carbocycles. The van der Waals surface area contributed by atoms with Crippen LogP contribution in [0, 0.1) is 11.3 Å². The molecule has 0 saturated heterocycles. The van der Waals surface area contributed by atoms with Crippen molar-refractivity contribution in [2.24, 2.45) is 0 Å². The van der Waals surface area contributed by atoms with E-state index in [1.165, 1.54) is 0 Å². The summed E-state index contributed by atoms with van der Waals surface area (Å²) < 4.78 is 5.99. The van der Waals surface area contributed by atoms with Crippen molar-refractivity contribution in [1.29, 1.82) is 5.26 Å². The van der Waals surface area contributed by atoms with Gasteiger partial charge in [0.2, 0.25) is 0 Å². The van der Waals surface area contributed by atoms with Gasteiger partial charge in [0.25, 0.3) is 0 Å². The standard InChI is InChI=1S/C18H20N2O/c1-3-17(20-4-2)16-10-5-6-11-18(16)21-15-9-7-8-14(12-15)13-19/h5-12,17,20H,3-4H2,1-2H3. The molecular formula is C18H20N2O. The third-order valence-corrected chi connectivity index (χ3v) is 3.34. The number of nitriles is 1. The second-order valence-electron chi connectivity index (χ2n) is 4.80. The molecule has 3 nitrogen and oxygen atoms in total. The van der Waals surface area contributed by atoms with Crippen molar-refractivity contribution in [3.8, 4) is 17.6 Å². The number of rotatable bonds is 6. The predicted octanol–water partition coefficient (Wildman–Crippen LogP) is 4.41. The Bertz CT molecular complexity index is 631. The van der Waals surface area contributed by atoms with E-state index in [4.69, 9.17) is 10.00 Å². The number of hydrogen-bond acceptors (Lipinski definition) is 3. The van der Waals surface area contributed by atoms with Crippen LogP contribution in [0.1, 0.15) is 37.4 Å². The zero-order chi connectivity index (χ0) is 15.1. The van der Waals surface area contributed by atoms with E-state index in [1.807, 2.05) is 30.3 Å². The first-order valence-electron chi connectivity index (χ1n) is 7.28. The van der Waals surface area contributed by atoms with Gasteiger partial charge in [0.15, 0.2) is 0 Å². The molecule has 0 aromatic heterocycles. The smallest absolute Gasteiger partial charge is 0.132 e. The fraction of sp³-hybridized carbons (Fsp3) is 0.278. The molecule has 108 valence electrons. The first-order chi connectivity index (χ1) is 10.3. The molecule has 0 amide bonds. The maximum Gasteiger partial charge on any atom is 0.132 e.